The molecule has 0 saturated carbocycles. The fourth-order valence-corrected chi connectivity index (χ4v) is 1.65. The Balaban J connectivity index is 2.23. The van der Waals surface area contributed by atoms with Gasteiger partial charge in [0.05, 0.1) is 6.04 Å². The van der Waals surface area contributed by atoms with Crippen LogP contribution in [0.3, 0.4) is 0 Å². The Morgan fingerprint density at radius 3 is 2.50 bits per heavy atom. The average molecular weight is 212 g/mol. The van der Waals surface area contributed by atoms with Crippen molar-refractivity contribution >= 4 is 17.7 Å². The van der Waals surface area contributed by atoms with Gasteiger partial charge in [-0.25, -0.2) is 4.79 Å². The third-order valence-corrected chi connectivity index (χ3v) is 2.48. The summed E-state index contributed by atoms with van der Waals surface area (Å²) in [6.45, 7) is 1.91. The smallest absolute Gasteiger partial charge is 0.408 e. The molecule has 14 heavy (non-hydrogen) atoms. The zero-order chi connectivity index (χ0) is 10.1. The molecule has 1 aliphatic rings. The number of benzene rings is 1. The zero-order valence-electron chi connectivity index (χ0n) is 7.66. The van der Waals surface area contributed by atoms with Crippen molar-refractivity contribution in [3.05, 3.63) is 34.9 Å². The van der Waals surface area contributed by atoms with Crippen LogP contribution in [0.4, 0.5) is 4.79 Å². The molecule has 1 fully saturated rings. The van der Waals surface area contributed by atoms with Crippen LogP contribution in [0.25, 0.3) is 0 Å². The summed E-state index contributed by atoms with van der Waals surface area (Å²) in [5.41, 5.74) is 0.959. The minimum Gasteiger partial charge on any atom is -0.439 e. The van der Waals surface area contributed by atoms with Crippen molar-refractivity contribution in [2.75, 3.05) is 0 Å². The Hall–Kier alpha value is -1.22. The van der Waals surface area contributed by atoms with Crippen molar-refractivity contribution < 1.29 is 9.53 Å². The number of cyclic esters (lactones) is 1. The first-order valence-corrected chi connectivity index (χ1v) is 4.77. The number of halogens is 1. The van der Waals surface area contributed by atoms with Crippen molar-refractivity contribution in [1.82, 2.24) is 5.32 Å². The number of rotatable bonds is 1. The van der Waals surface area contributed by atoms with Crippen molar-refractivity contribution in [1.29, 1.82) is 0 Å². The maximum Gasteiger partial charge on any atom is 0.408 e. The van der Waals surface area contributed by atoms with E-state index in [1.165, 1.54) is 0 Å². The molecule has 3 nitrogen and oxygen atoms in total. The van der Waals surface area contributed by atoms with Crippen molar-refractivity contribution in [3.63, 3.8) is 0 Å². The molecule has 1 aromatic carbocycles. The van der Waals surface area contributed by atoms with E-state index < -0.39 is 0 Å². The SMILES string of the molecule is C[C@@H]1NC(=O)O[C@@H]1c1ccc(Cl)cc1. The number of amides is 1. The second kappa shape index (κ2) is 3.50. The first kappa shape index (κ1) is 9.34. The molecule has 1 aromatic rings. The van der Waals surface area contributed by atoms with Gasteiger partial charge in [-0.3, -0.25) is 0 Å². The average Bonchev–Trinajstić information content (AvgIpc) is 2.47. The summed E-state index contributed by atoms with van der Waals surface area (Å²) in [6.07, 6.45) is -0.572. The topological polar surface area (TPSA) is 38.3 Å². The first-order valence-electron chi connectivity index (χ1n) is 4.39. The van der Waals surface area contributed by atoms with Crippen LogP contribution in [-0.4, -0.2) is 12.1 Å². The zero-order valence-corrected chi connectivity index (χ0v) is 8.41. The quantitative estimate of drug-likeness (QED) is 0.775. The lowest BCUT2D eigenvalue weighted by Crippen LogP contribution is -2.23. The second-order valence-corrected chi connectivity index (χ2v) is 3.75. The van der Waals surface area contributed by atoms with E-state index in [9.17, 15) is 4.79 Å². The molecule has 0 unspecified atom stereocenters. The minimum absolute atomic E-state index is 0.00340. The fourth-order valence-electron chi connectivity index (χ4n) is 1.52. The summed E-state index contributed by atoms with van der Waals surface area (Å²) in [5.74, 6) is 0. The summed E-state index contributed by atoms with van der Waals surface area (Å²) in [4.78, 5) is 10.9. The molecule has 1 N–H and O–H groups in total. The van der Waals surface area contributed by atoms with Gasteiger partial charge in [0.1, 0.15) is 6.10 Å². The molecule has 1 aliphatic heterocycles. The van der Waals surface area contributed by atoms with Gasteiger partial charge in [0, 0.05) is 5.02 Å². The molecule has 1 amide bonds. The molecule has 0 aromatic heterocycles. The standard InChI is InChI=1S/C10H10ClNO2/c1-6-9(14-10(13)12-6)7-2-4-8(11)5-3-7/h2-6,9H,1H3,(H,12,13)/t6-,9-/m0/s1. The Morgan fingerprint density at radius 1 is 1.36 bits per heavy atom. The lowest BCUT2D eigenvalue weighted by Gasteiger charge is -2.12. The van der Waals surface area contributed by atoms with Crippen LogP contribution in [-0.2, 0) is 4.74 Å². The lowest BCUT2D eigenvalue weighted by molar-refractivity contribution is 0.134. The largest absolute Gasteiger partial charge is 0.439 e. The highest BCUT2D eigenvalue weighted by atomic mass is 35.5. The summed E-state index contributed by atoms with van der Waals surface area (Å²) in [7, 11) is 0. The molecule has 0 aliphatic carbocycles. The van der Waals surface area contributed by atoms with Gasteiger partial charge in [-0.15, -0.1) is 0 Å². The Labute approximate surface area is 87.0 Å². The van der Waals surface area contributed by atoms with Gasteiger partial charge in [-0.1, -0.05) is 23.7 Å². The monoisotopic (exact) mass is 211 g/mol. The van der Waals surface area contributed by atoms with Gasteiger partial charge >= 0.3 is 6.09 Å². The van der Waals surface area contributed by atoms with E-state index in [0.717, 1.165) is 5.56 Å². The first-order chi connectivity index (χ1) is 6.66. The molecule has 1 saturated heterocycles. The van der Waals surface area contributed by atoms with Crippen LogP contribution in [0.1, 0.15) is 18.6 Å². The molecule has 0 radical (unpaired) electrons. The van der Waals surface area contributed by atoms with Crippen molar-refractivity contribution in [2.45, 2.75) is 19.1 Å². The molecule has 2 atom stereocenters. The van der Waals surface area contributed by atoms with Gasteiger partial charge in [-0.2, -0.15) is 0 Å². The van der Waals surface area contributed by atoms with Crippen LogP contribution in [0.5, 0.6) is 0 Å². The van der Waals surface area contributed by atoms with Crippen LogP contribution in [0, 0.1) is 0 Å². The number of carbonyl (C=O) groups excluding carboxylic acids is 1. The Bertz CT molecular complexity index is 350. The molecule has 1 heterocycles. The maximum atomic E-state index is 10.9. The predicted octanol–water partition coefficient (Wildman–Crippen LogP) is 2.51. The summed E-state index contributed by atoms with van der Waals surface area (Å²) in [5, 5.41) is 3.37. The van der Waals surface area contributed by atoms with E-state index in [1.54, 1.807) is 12.1 Å². The van der Waals surface area contributed by atoms with Crippen LogP contribution < -0.4 is 5.32 Å². The van der Waals surface area contributed by atoms with Crippen LogP contribution >= 0.6 is 11.6 Å². The number of alkyl carbamates (subject to hydrolysis) is 1. The molecule has 0 spiro atoms. The Kier molecular flexibility index (Phi) is 2.33. The van der Waals surface area contributed by atoms with Gasteiger partial charge < -0.3 is 10.1 Å². The van der Waals surface area contributed by atoms with Gasteiger partial charge in [0.2, 0.25) is 0 Å². The predicted molar refractivity (Wildman–Crippen MR) is 53.3 cm³/mol. The van der Waals surface area contributed by atoms with Crippen LogP contribution in [0.2, 0.25) is 5.02 Å². The second-order valence-electron chi connectivity index (χ2n) is 3.31. The van der Waals surface area contributed by atoms with Gasteiger partial charge in [0.15, 0.2) is 0 Å². The summed E-state index contributed by atoms with van der Waals surface area (Å²) >= 11 is 5.76. The highest BCUT2D eigenvalue weighted by Gasteiger charge is 2.31. The molecule has 4 heteroatoms. The van der Waals surface area contributed by atoms with E-state index >= 15 is 0 Å². The van der Waals surface area contributed by atoms with E-state index in [1.807, 2.05) is 19.1 Å². The number of carbonyl (C=O) groups is 1. The molecule has 0 bridgehead atoms. The lowest BCUT2D eigenvalue weighted by atomic mass is 10.0. The highest BCUT2D eigenvalue weighted by Crippen LogP contribution is 2.26. The van der Waals surface area contributed by atoms with Crippen LogP contribution in [0.15, 0.2) is 24.3 Å². The molecule has 2 rings (SSSR count). The highest BCUT2D eigenvalue weighted by molar-refractivity contribution is 6.30. The number of ether oxygens (including phenoxy) is 1. The van der Waals surface area contributed by atoms with Crippen molar-refractivity contribution in [3.8, 4) is 0 Å². The summed E-state index contributed by atoms with van der Waals surface area (Å²) in [6, 6.07) is 7.31. The molecule has 74 valence electrons. The van der Waals surface area contributed by atoms with Gasteiger partial charge in [0.25, 0.3) is 0 Å². The normalized spacial score (nSPS) is 25.7. The van der Waals surface area contributed by atoms with Crippen molar-refractivity contribution in [2.24, 2.45) is 0 Å². The third-order valence-electron chi connectivity index (χ3n) is 2.23. The van der Waals surface area contributed by atoms with E-state index in [0.29, 0.717) is 5.02 Å². The minimum atomic E-state index is -0.363. The number of hydrogen-bond donors (Lipinski definition) is 1. The molecular formula is C10H10ClNO2. The molecular weight excluding hydrogens is 202 g/mol. The number of nitrogens with one attached hydrogen (secondary N) is 1. The van der Waals surface area contributed by atoms with Gasteiger partial charge in [-0.05, 0) is 24.6 Å². The number of hydrogen-bond acceptors (Lipinski definition) is 2. The van der Waals surface area contributed by atoms with E-state index in [2.05, 4.69) is 5.32 Å². The third kappa shape index (κ3) is 1.68. The summed E-state index contributed by atoms with van der Waals surface area (Å²) < 4.78 is 5.11. The van der Waals surface area contributed by atoms with E-state index in [-0.39, 0.29) is 18.2 Å². The fraction of sp³-hybridized carbons (Fsp3) is 0.300. The maximum absolute atomic E-state index is 10.9. The Morgan fingerprint density at radius 2 is 2.00 bits per heavy atom. The van der Waals surface area contributed by atoms with E-state index in [4.69, 9.17) is 16.3 Å².